The predicted octanol–water partition coefficient (Wildman–Crippen LogP) is -1.72. The van der Waals surface area contributed by atoms with Crippen molar-refractivity contribution in [3.05, 3.63) is 10.1 Å². The van der Waals surface area contributed by atoms with Crippen LogP contribution in [0.25, 0.3) is 0 Å². The first-order valence-electron chi connectivity index (χ1n) is 5.20. The minimum Gasteiger partial charge on any atom is -0.371 e. The maximum Gasteiger partial charge on any atom is 0.294 e. The number of nitrogens with two attached hydrogens (primary N) is 1. The molecule has 0 unspecified atom stereocenters. The SMILES string of the molecule is NCCN[C@H]1CO[C@H]2[C@@H]1OC[C@H]2O[N+](=O)[O-]. The van der Waals surface area contributed by atoms with Gasteiger partial charge in [-0.25, -0.2) is 0 Å². The van der Waals surface area contributed by atoms with Gasteiger partial charge in [0.25, 0.3) is 5.09 Å². The summed E-state index contributed by atoms with van der Waals surface area (Å²) in [4.78, 5) is 14.7. The molecule has 3 N–H and O–H groups in total. The Labute approximate surface area is 92.1 Å². The van der Waals surface area contributed by atoms with Crippen LogP contribution in [0.4, 0.5) is 0 Å². The van der Waals surface area contributed by atoms with E-state index in [1.807, 2.05) is 0 Å². The zero-order chi connectivity index (χ0) is 11.5. The van der Waals surface area contributed by atoms with E-state index in [1.54, 1.807) is 0 Å². The molecule has 16 heavy (non-hydrogen) atoms. The Balaban J connectivity index is 1.87. The van der Waals surface area contributed by atoms with Gasteiger partial charge in [0.2, 0.25) is 0 Å². The summed E-state index contributed by atoms with van der Waals surface area (Å²) in [5, 5.41) is 12.6. The van der Waals surface area contributed by atoms with E-state index in [4.69, 9.17) is 15.2 Å². The molecule has 2 aliphatic heterocycles. The second-order valence-electron chi connectivity index (χ2n) is 3.81. The smallest absolute Gasteiger partial charge is 0.294 e. The number of hydrogen-bond acceptors (Lipinski definition) is 7. The molecule has 2 heterocycles. The first-order valence-corrected chi connectivity index (χ1v) is 5.20. The van der Waals surface area contributed by atoms with Crippen LogP contribution in [0.1, 0.15) is 0 Å². The van der Waals surface area contributed by atoms with Crippen LogP contribution >= 0.6 is 0 Å². The molecule has 0 aliphatic carbocycles. The highest BCUT2D eigenvalue weighted by atomic mass is 17.0. The van der Waals surface area contributed by atoms with Gasteiger partial charge in [-0.2, -0.15) is 0 Å². The third-order valence-electron chi connectivity index (χ3n) is 2.78. The van der Waals surface area contributed by atoms with Gasteiger partial charge >= 0.3 is 0 Å². The second kappa shape index (κ2) is 4.91. The van der Waals surface area contributed by atoms with Crippen molar-refractivity contribution in [2.24, 2.45) is 5.73 Å². The largest absolute Gasteiger partial charge is 0.371 e. The van der Waals surface area contributed by atoms with Gasteiger partial charge in [-0.05, 0) is 0 Å². The number of rotatable bonds is 5. The third-order valence-corrected chi connectivity index (χ3v) is 2.78. The molecule has 2 aliphatic rings. The molecular weight excluding hydrogens is 218 g/mol. The molecule has 2 saturated heterocycles. The van der Waals surface area contributed by atoms with Gasteiger partial charge in [-0.1, -0.05) is 0 Å². The molecular formula is C8H15N3O5. The van der Waals surface area contributed by atoms with E-state index in [-0.39, 0.29) is 24.9 Å². The van der Waals surface area contributed by atoms with E-state index in [1.165, 1.54) is 0 Å². The van der Waals surface area contributed by atoms with Crippen molar-refractivity contribution in [1.82, 2.24) is 5.32 Å². The molecule has 0 amide bonds. The van der Waals surface area contributed by atoms with Crippen molar-refractivity contribution in [2.45, 2.75) is 24.4 Å². The van der Waals surface area contributed by atoms with Gasteiger partial charge in [0.05, 0.1) is 19.3 Å². The lowest BCUT2D eigenvalue weighted by molar-refractivity contribution is -0.769. The Morgan fingerprint density at radius 3 is 2.88 bits per heavy atom. The van der Waals surface area contributed by atoms with Gasteiger partial charge in [-0.3, -0.25) is 0 Å². The average molecular weight is 233 g/mol. The number of hydrogen-bond donors (Lipinski definition) is 2. The van der Waals surface area contributed by atoms with E-state index in [0.29, 0.717) is 19.7 Å². The molecule has 0 radical (unpaired) electrons. The second-order valence-corrected chi connectivity index (χ2v) is 3.81. The van der Waals surface area contributed by atoms with Crippen LogP contribution in [0.3, 0.4) is 0 Å². The van der Waals surface area contributed by atoms with Crippen molar-refractivity contribution in [1.29, 1.82) is 0 Å². The number of nitrogens with one attached hydrogen (secondary N) is 1. The van der Waals surface area contributed by atoms with Crippen molar-refractivity contribution in [3.8, 4) is 0 Å². The van der Waals surface area contributed by atoms with Gasteiger partial charge in [0, 0.05) is 13.1 Å². The summed E-state index contributed by atoms with van der Waals surface area (Å²) in [5.41, 5.74) is 5.38. The summed E-state index contributed by atoms with van der Waals surface area (Å²) in [6.07, 6.45) is -1.16. The summed E-state index contributed by atoms with van der Waals surface area (Å²) < 4.78 is 10.9. The fraction of sp³-hybridized carbons (Fsp3) is 1.00. The summed E-state index contributed by atoms with van der Waals surface area (Å²) in [7, 11) is 0. The molecule has 4 atom stereocenters. The molecule has 2 rings (SSSR count). The van der Waals surface area contributed by atoms with E-state index in [0.717, 1.165) is 0 Å². The van der Waals surface area contributed by atoms with E-state index in [9.17, 15) is 10.1 Å². The fourth-order valence-electron chi connectivity index (χ4n) is 2.11. The van der Waals surface area contributed by atoms with Gasteiger partial charge in [0.1, 0.15) is 12.2 Å². The number of nitrogens with zero attached hydrogens (tertiary/aromatic N) is 1. The topological polar surface area (TPSA) is 109 Å². The van der Waals surface area contributed by atoms with Gasteiger partial charge < -0.3 is 25.4 Å². The first-order chi connectivity index (χ1) is 7.72. The quantitative estimate of drug-likeness (QED) is 0.429. The van der Waals surface area contributed by atoms with Crippen molar-refractivity contribution in [3.63, 3.8) is 0 Å². The van der Waals surface area contributed by atoms with Crippen molar-refractivity contribution >= 4 is 0 Å². The molecule has 92 valence electrons. The molecule has 0 spiro atoms. The summed E-state index contributed by atoms with van der Waals surface area (Å²) in [6.45, 7) is 1.86. The normalized spacial score (nSPS) is 37.3. The van der Waals surface area contributed by atoms with Crippen LogP contribution in [-0.4, -0.2) is 55.7 Å². The molecule has 8 nitrogen and oxygen atoms in total. The Morgan fingerprint density at radius 1 is 1.44 bits per heavy atom. The van der Waals surface area contributed by atoms with Crippen LogP contribution < -0.4 is 11.1 Å². The van der Waals surface area contributed by atoms with Crippen molar-refractivity contribution in [2.75, 3.05) is 26.3 Å². The highest BCUT2D eigenvalue weighted by Crippen LogP contribution is 2.28. The molecule has 0 saturated carbocycles. The average Bonchev–Trinajstić information content (AvgIpc) is 2.78. The van der Waals surface area contributed by atoms with Crippen molar-refractivity contribution < 1.29 is 19.4 Å². The molecule has 0 aromatic rings. The van der Waals surface area contributed by atoms with Crippen LogP contribution in [0.2, 0.25) is 0 Å². The summed E-state index contributed by atoms with van der Waals surface area (Å²) in [6, 6.07) is 0.0360. The minimum atomic E-state index is -0.805. The standard InChI is InChI=1S/C8H15N3O5/c9-1-2-10-5-3-14-8-6(16-11(12)13)4-15-7(5)8/h5-8,10H,1-4,9H2/t5-,6+,7+,8+/m0/s1. The zero-order valence-electron chi connectivity index (χ0n) is 8.70. The lowest BCUT2D eigenvalue weighted by atomic mass is 10.1. The van der Waals surface area contributed by atoms with E-state index < -0.39 is 11.2 Å². The molecule has 8 heteroatoms. The Bertz CT molecular complexity index is 264. The lowest BCUT2D eigenvalue weighted by Gasteiger charge is -2.16. The zero-order valence-corrected chi connectivity index (χ0v) is 8.70. The van der Waals surface area contributed by atoms with Gasteiger partial charge in [0.15, 0.2) is 6.10 Å². The molecule has 0 aromatic carbocycles. The predicted molar refractivity (Wildman–Crippen MR) is 52.2 cm³/mol. The highest BCUT2D eigenvalue weighted by Gasteiger charge is 2.49. The first kappa shape index (κ1) is 11.5. The monoisotopic (exact) mass is 233 g/mol. The molecule has 0 aromatic heterocycles. The fourth-order valence-corrected chi connectivity index (χ4v) is 2.11. The maximum atomic E-state index is 10.2. The minimum absolute atomic E-state index is 0.0360. The van der Waals surface area contributed by atoms with Crippen LogP contribution in [0.15, 0.2) is 0 Å². The maximum absolute atomic E-state index is 10.2. The Kier molecular flexibility index (Phi) is 3.54. The lowest BCUT2D eigenvalue weighted by Crippen LogP contribution is -2.43. The van der Waals surface area contributed by atoms with Crippen LogP contribution in [0.5, 0.6) is 0 Å². The van der Waals surface area contributed by atoms with E-state index >= 15 is 0 Å². The summed E-state index contributed by atoms with van der Waals surface area (Å²) in [5.74, 6) is 0. The third kappa shape index (κ3) is 2.24. The number of fused-ring (bicyclic) bond motifs is 1. The Hall–Kier alpha value is -0.960. The van der Waals surface area contributed by atoms with E-state index in [2.05, 4.69) is 10.2 Å². The highest BCUT2D eigenvalue weighted by molar-refractivity contribution is 4.97. The molecule has 0 bridgehead atoms. The van der Waals surface area contributed by atoms with Crippen LogP contribution in [-0.2, 0) is 14.3 Å². The van der Waals surface area contributed by atoms with Crippen LogP contribution in [0, 0.1) is 10.1 Å². The molecule has 2 fully saturated rings. The number of ether oxygens (including phenoxy) is 2. The Morgan fingerprint density at radius 2 is 2.19 bits per heavy atom. The van der Waals surface area contributed by atoms with Gasteiger partial charge in [-0.15, -0.1) is 10.1 Å². The summed E-state index contributed by atoms with van der Waals surface area (Å²) >= 11 is 0.